The predicted molar refractivity (Wildman–Crippen MR) is 131 cm³/mol. The van der Waals surface area contributed by atoms with Crippen LogP contribution >= 0.6 is 0 Å². The SMILES string of the molecule is COC(=O)[C@H]1C(=O)C2=C(C[C@@H]1C)NC(C)=C(C(=O)OC1CCCC1)[C@H]2c1coc2ccccc2c1=O. The van der Waals surface area contributed by atoms with Gasteiger partial charge in [0.05, 0.1) is 30.3 Å². The van der Waals surface area contributed by atoms with Crippen molar-refractivity contribution in [1.29, 1.82) is 0 Å². The maximum atomic E-state index is 13.8. The van der Waals surface area contributed by atoms with E-state index in [2.05, 4.69) is 5.32 Å². The van der Waals surface area contributed by atoms with Crippen LogP contribution < -0.4 is 10.7 Å². The Hall–Kier alpha value is -3.68. The molecular formula is C28H29NO7. The molecular weight excluding hydrogens is 462 g/mol. The number of Topliss-reactive ketones (excluding diaryl/α,β-unsaturated/α-hetero) is 1. The largest absolute Gasteiger partial charge is 0.468 e. The van der Waals surface area contributed by atoms with Crippen molar-refractivity contribution in [2.24, 2.45) is 11.8 Å². The predicted octanol–water partition coefficient (Wildman–Crippen LogP) is 3.89. The van der Waals surface area contributed by atoms with Crippen LogP contribution in [0.25, 0.3) is 11.0 Å². The molecule has 1 saturated carbocycles. The number of allylic oxidation sites excluding steroid dienone is 3. The second-order valence-corrected chi connectivity index (χ2v) is 9.86. The minimum atomic E-state index is -1.03. The molecule has 2 aromatic rings. The van der Waals surface area contributed by atoms with E-state index in [1.165, 1.54) is 13.4 Å². The first-order valence-corrected chi connectivity index (χ1v) is 12.4. The summed E-state index contributed by atoms with van der Waals surface area (Å²) in [5, 5.41) is 3.57. The normalized spacial score (nSPS) is 24.5. The molecule has 3 aliphatic rings. The number of ether oxygens (including phenoxy) is 2. The zero-order valence-electron chi connectivity index (χ0n) is 20.6. The Kier molecular flexibility index (Phi) is 6.28. The maximum absolute atomic E-state index is 13.8. The van der Waals surface area contributed by atoms with Crippen molar-refractivity contribution in [2.45, 2.75) is 58.0 Å². The lowest BCUT2D eigenvalue weighted by molar-refractivity contribution is -0.151. The Balaban J connectivity index is 1.69. The van der Waals surface area contributed by atoms with Crippen molar-refractivity contribution >= 4 is 28.7 Å². The number of benzene rings is 1. The smallest absolute Gasteiger partial charge is 0.337 e. The Morgan fingerprint density at radius 2 is 1.83 bits per heavy atom. The average Bonchev–Trinajstić information content (AvgIpc) is 3.36. The summed E-state index contributed by atoms with van der Waals surface area (Å²) in [6.45, 7) is 3.56. The average molecular weight is 492 g/mol. The first kappa shape index (κ1) is 24.0. The highest BCUT2D eigenvalue weighted by Crippen LogP contribution is 2.45. The van der Waals surface area contributed by atoms with Crippen molar-refractivity contribution in [3.8, 4) is 0 Å². The van der Waals surface area contributed by atoms with Crippen molar-refractivity contribution in [3.63, 3.8) is 0 Å². The van der Waals surface area contributed by atoms with Gasteiger partial charge in [0.25, 0.3) is 0 Å². The van der Waals surface area contributed by atoms with Crippen LogP contribution in [-0.2, 0) is 23.9 Å². The van der Waals surface area contributed by atoms with Crippen LogP contribution in [0.3, 0.4) is 0 Å². The van der Waals surface area contributed by atoms with E-state index in [-0.39, 0.29) is 34.2 Å². The highest BCUT2D eigenvalue weighted by atomic mass is 16.5. The monoisotopic (exact) mass is 491 g/mol. The quantitative estimate of drug-likeness (QED) is 0.506. The van der Waals surface area contributed by atoms with Gasteiger partial charge in [-0.2, -0.15) is 0 Å². The molecule has 8 heteroatoms. The third-order valence-electron chi connectivity index (χ3n) is 7.56. The summed E-state index contributed by atoms with van der Waals surface area (Å²) in [7, 11) is 1.25. The standard InChI is InChI=1S/C28H29NO7/c1-14-12-19-24(26(31)21(14)27(32)34-3)23(18-13-35-20-11-7-6-10-17(20)25(18)30)22(15(2)29-19)28(33)36-16-8-4-5-9-16/h6-7,10-11,13-14,16,21,23,29H,4-5,8-9,12H2,1-3H3/t14-,21+,23+/m0/s1. The van der Waals surface area contributed by atoms with E-state index in [1.54, 1.807) is 31.2 Å². The first-order valence-electron chi connectivity index (χ1n) is 12.4. The van der Waals surface area contributed by atoms with Crippen LogP contribution in [0.4, 0.5) is 0 Å². The zero-order chi connectivity index (χ0) is 25.6. The molecule has 188 valence electrons. The Labute approximate surface area is 208 Å². The molecule has 36 heavy (non-hydrogen) atoms. The molecule has 1 N–H and O–H groups in total. The van der Waals surface area contributed by atoms with Crippen LogP contribution in [-0.4, -0.2) is 30.9 Å². The Bertz CT molecular complexity index is 1380. The van der Waals surface area contributed by atoms with E-state index in [0.29, 0.717) is 28.8 Å². The van der Waals surface area contributed by atoms with E-state index in [1.807, 2.05) is 6.92 Å². The lowest BCUT2D eigenvalue weighted by atomic mass is 9.69. The number of fused-ring (bicyclic) bond motifs is 1. The summed E-state index contributed by atoms with van der Waals surface area (Å²) < 4.78 is 16.6. The van der Waals surface area contributed by atoms with Crippen molar-refractivity contribution in [1.82, 2.24) is 5.32 Å². The molecule has 0 unspecified atom stereocenters. The molecule has 2 heterocycles. The summed E-state index contributed by atoms with van der Waals surface area (Å²) in [6, 6.07) is 6.83. The number of para-hydroxylation sites is 1. The number of esters is 2. The number of hydrogen-bond acceptors (Lipinski definition) is 8. The molecule has 5 rings (SSSR count). The molecule has 0 spiro atoms. The zero-order valence-corrected chi connectivity index (χ0v) is 20.6. The van der Waals surface area contributed by atoms with E-state index in [4.69, 9.17) is 13.9 Å². The fourth-order valence-electron chi connectivity index (χ4n) is 5.78. The Morgan fingerprint density at radius 1 is 1.11 bits per heavy atom. The molecule has 1 aliphatic heterocycles. The van der Waals surface area contributed by atoms with Crippen LogP contribution in [0, 0.1) is 11.8 Å². The molecule has 8 nitrogen and oxygen atoms in total. The van der Waals surface area contributed by atoms with Gasteiger partial charge in [0.2, 0.25) is 0 Å². The molecule has 3 atom stereocenters. The fourth-order valence-corrected chi connectivity index (χ4v) is 5.78. The number of carbonyl (C=O) groups excluding carboxylic acids is 3. The number of rotatable bonds is 4. The van der Waals surface area contributed by atoms with Crippen molar-refractivity contribution < 1.29 is 28.3 Å². The van der Waals surface area contributed by atoms with E-state index >= 15 is 0 Å². The maximum Gasteiger partial charge on any atom is 0.337 e. The molecule has 0 saturated heterocycles. The van der Waals surface area contributed by atoms with Gasteiger partial charge >= 0.3 is 11.9 Å². The lowest BCUT2D eigenvalue weighted by Gasteiger charge is -2.38. The summed E-state index contributed by atoms with van der Waals surface area (Å²) in [5.74, 6) is -4.04. The van der Waals surface area contributed by atoms with Gasteiger partial charge in [-0.25, -0.2) is 4.79 Å². The number of ketones is 1. The second kappa shape index (κ2) is 9.41. The summed E-state index contributed by atoms with van der Waals surface area (Å²) >= 11 is 0. The van der Waals surface area contributed by atoms with Gasteiger partial charge in [-0.05, 0) is 57.1 Å². The summed E-state index contributed by atoms with van der Waals surface area (Å²) in [4.78, 5) is 53.7. The van der Waals surface area contributed by atoms with Gasteiger partial charge < -0.3 is 19.2 Å². The van der Waals surface area contributed by atoms with Crippen LogP contribution in [0.5, 0.6) is 0 Å². The fraction of sp³-hybridized carbons (Fsp3) is 0.429. The van der Waals surface area contributed by atoms with Crippen LogP contribution in [0.15, 0.2) is 62.3 Å². The molecule has 0 bridgehead atoms. The highest BCUT2D eigenvalue weighted by molar-refractivity contribution is 6.12. The number of nitrogens with one attached hydrogen (secondary N) is 1. The van der Waals surface area contributed by atoms with Crippen molar-refractivity contribution in [3.05, 3.63) is 68.9 Å². The van der Waals surface area contributed by atoms with Gasteiger partial charge in [-0.1, -0.05) is 19.1 Å². The van der Waals surface area contributed by atoms with E-state index < -0.39 is 29.6 Å². The number of dihydropyridines is 1. The van der Waals surface area contributed by atoms with E-state index in [9.17, 15) is 19.2 Å². The first-order chi connectivity index (χ1) is 17.3. The van der Waals surface area contributed by atoms with Gasteiger partial charge in [-0.15, -0.1) is 0 Å². The van der Waals surface area contributed by atoms with Gasteiger partial charge in [-0.3, -0.25) is 14.4 Å². The number of methoxy groups -OCH3 is 1. The summed E-state index contributed by atoms with van der Waals surface area (Å²) in [5.41, 5.74) is 1.75. The van der Waals surface area contributed by atoms with Gasteiger partial charge in [0.15, 0.2) is 11.2 Å². The van der Waals surface area contributed by atoms with E-state index in [0.717, 1.165) is 25.7 Å². The number of hydrogen-bond donors (Lipinski definition) is 1. The molecule has 2 aliphatic carbocycles. The lowest BCUT2D eigenvalue weighted by Crippen LogP contribution is -2.44. The second-order valence-electron chi connectivity index (χ2n) is 9.86. The van der Waals surface area contributed by atoms with Gasteiger partial charge in [0.1, 0.15) is 17.6 Å². The molecule has 1 aromatic carbocycles. The topological polar surface area (TPSA) is 112 Å². The molecule has 0 radical (unpaired) electrons. The molecule has 1 fully saturated rings. The molecule has 1 aromatic heterocycles. The molecule has 0 amide bonds. The summed E-state index contributed by atoms with van der Waals surface area (Å²) in [6.07, 6.45) is 5.04. The van der Waals surface area contributed by atoms with Crippen LogP contribution in [0.1, 0.15) is 57.4 Å². The third kappa shape index (κ3) is 3.94. The third-order valence-corrected chi connectivity index (χ3v) is 7.56. The minimum absolute atomic E-state index is 0.159. The highest BCUT2D eigenvalue weighted by Gasteiger charge is 2.48. The van der Waals surface area contributed by atoms with Crippen molar-refractivity contribution in [2.75, 3.05) is 7.11 Å². The Morgan fingerprint density at radius 3 is 2.56 bits per heavy atom. The van der Waals surface area contributed by atoms with Gasteiger partial charge in [0, 0.05) is 22.5 Å². The number of carbonyl (C=O) groups is 3. The van der Waals surface area contributed by atoms with Crippen LogP contribution in [0.2, 0.25) is 0 Å². The minimum Gasteiger partial charge on any atom is -0.468 e.